The highest BCUT2D eigenvalue weighted by Gasteiger charge is 2.26. The molecule has 1 N–H and O–H groups in total. The molecule has 1 aromatic carbocycles. The molecule has 0 saturated heterocycles. The van der Waals surface area contributed by atoms with Gasteiger partial charge >= 0.3 is 5.97 Å². The van der Waals surface area contributed by atoms with Crippen molar-refractivity contribution >= 4 is 5.97 Å². The van der Waals surface area contributed by atoms with Crippen LogP contribution < -0.4 is 0 Å². The van der Waals surface area contributed by atoms with Crippen molar-refractivity contribution in [1.29, 1.82) is 0 Å². The molecule has 0 saturated carbocycles. The normalized spacial score (nSPS) is 18.3. The number of nitrogens with zero attached hydrogens (tertiary/aromatic N) is 3. The van der Waals surface area contributed by atoms with Crippen LogP contribution in [0.4, 0.5) is 0 Å². The van der Waals surface area contributed by atoms with E-state index in [0.717, 1.165) is 11.4 Å². The third kappa shape index (κ3) is 1.88. The third-order valence-corrected chi connectivity index (χ3v) is 3.24. The van der Waals surface area contributed by atoms with E-state index in [2.05, 4.69) is 10.1 Å². The van der Waals surface area contributed by atoms with Crippen molar-refractivity contribution in [2.24, 2.45) is 5.92 Å². The second kappa shape index (κ2) is 4.25. The number of rotatable bonds is 2. The van der Waals surface area contributed by atoms with Gasteiger partial charge in [0.05, 0.1) is 12.5 Å². The van der Waals surface area contributed by atoms with Gasteiger partial charge in [0.2, 0.25) is 0 Å². The Hall–Kier alpha value is -2.17. The van der Waals surface area contributed by atoms with E-state index < -0.39 is 5.97 Å². The summed E-state index contributed by atoms with van der Waals surface area (Å²) < 4.78 is 1.73. The second-order valence-corrected chi connectivity index (χ2v) is 4.47. The van der Waals surface area contributed by atoms with E-state index in [1.54, 1.807) is 4.68 Å². The largest absolute Gasteiger partial charge is 0.481 e. The minimum atomic E-state index is -0.752. The zero-order valence-electron chi connectivity index (χ0n) is 9.78. The van der Waals surface area contributed by atoms with Crippen LogP contribution in [0, 0.1) is 5.92 Å². The molecule has 92 valence electrons. The Morgan fingerprint density at radius 3 is 2.83 bits per heavy atom. The second-order valence-electron chi connectivity index (χ2n) is 4.47. The van der Waals surface area contributed by atoms with Crippen LogP contribution in [0.5, 0.6) is 0 Å². The summed E-state index contributed by atoms with van der Waals surface area (Å²) >= 11 is 0. The van der Waals surface area contributed by atoms with Gasteiger partial charge in [-0.15, -0.1) is 0 Å². The smallest absolute Gasteiger partial charge is 0.308 e. The SMILES string of the molecule is O=C(O)C1CCc2nc(-c3ccccc3)nn2C1. The fourth-order valence-electron chi connectivity index (χ4n) is 2.22. The van der Waals surface area contributed by atoms with Gasteiger partial charge in [-0.05, 0) is 6.42 Å². The number of aromatic nitrogens is 3. The zero-order chi connectivity index (χ0) is 12.5. The quantitative estimate of drug-likeness (QED) is 0.869. The first kappa shape index (κ1) is 11.0. The molecular weight excluding hydrogens is 230 g/mol. The van der Waals surface area contributed by atoms with Gasteiger partial charge in [-0.25, -0.2) is 9.67 Å². The molecule has 3 rings (SSSR count). The number of fused-ring (bicyclic) bond motifs is 1. The Labute approximate surface area is 104 Å². The van der Waals surface area contributed by atoms with Crippen LogP contribution in [-0.2, 0) is 17.8 Å². The molecule has 0 spiro atoms. The molecule has 0 aliphatic carbocycles. The third-order valence-electron chi connectivity index (χ3n) is 3.24. The number of aliphatic carboxylic acids is 1. The lowest BCUT2D eigenvalue weighted by Crippen LogP contribution is -2.27. The van der Waals surface area contributed by atoms with Crippen molar-refractivity contribution in [3.63, 3.8) is 0 Å². The van der Waals surface area contributed by atoms with Gasteiger partial charge in [0.1, 0.15) is 5.82 Å². The standard InChI is InChI=1S/C13H13N3O2/c17-13(18)10-6-7-11-14-12(15-16(11)8-10)9-4-2-1-3-5-9/h1-5,10H,6-8H2,(H,17,18). The van der Waals surface area contributed by atoms with E-state index in [0.29, 0.717) is 25.2 Å². The fourth-order valence-corrected chi connectivity index (χ4v) is 2.22. The molecule has 5 heteroatoms. The summed E-state index contributed by atoms with van der Waals surface area (Å²) in [5.74, 6) is 0.461. The number of carboxylic acids is 1. The molecule has 1 aliphatic rings. The Morgan fingerprint density at radius 2 is 2.11 bits per heavy atom. The van der Waals surface area contributed by atoms with Crippen LogP contribution >= 0.6 is 0 Å². The Kier molecular flexibility index (Phi) is 2.59. The highest BCUT2D eigenvalue weighted by molar-refractivity contribution is 5.70. The van der Waals surface area contributed by atoms with Crippen LogP contribution in [0.2, 0.25) is 0 Å². The van der Waals surface area contributed by atoms with Gasteiger partial charge in [0.25, 0.3) is 0 Å². The van der Waals surface area contributed by atoms with E-state index in [9.17, 15) is 4.79 Å². The first-order valence-corrected chi connectivity index (χ1v) is 5.96. The van der Waals surface area contributed by atoms with Crippen LogP contribution in [0.3, 0.4) is 0 Å². The summed E-state index contributed by atoms with van der Waals surface area (Å²) in [5, 5.41) is 13.4. The molecule has 0 fully saturated rings. The Balaban J connectivity index is 1.92. The highest BCUT2D eigenvalue weighted by Crippen LogP contribution is 2.22. The van der Waals surface area contributed by atoms with E-state index in [4.69, 9.17) is 5.11 Å². The number of carboxylic acid groups (broad SMARTS) is 1. The molecule has 1 aliphatic heterocycles. The van der Waals surface area contributed by atoms with Gasteiger partial charge < -0.3 is 5.11 Å². The molecule has 1 aromatic heterocycles. The summed E-state index contributed by atoms with van der Waals surface area (Å²) in [4.78, 5) is 15.5. The summed E-state index contributed by atoms with van der Waals surface area (Å²) in [7, 11) is 0. The summed E-state index contributed by atoms with van der Waals surface area (Å²) in [6, 6.07) is 9.73. The lowest BCUT2D eigenvalue weighted by Gasteiger charge is -2.18. The summed E-state index contributed by atoms with van der Waals surface area (Å²) in [6.45, 7) is 0.421. The molecular formula is C13H13N3O2. The number of hydrogen-bond acceptors (Lipinski definition) is 3. The average molecular weight is 243 g/mol. The van der Waals surface area contributed by atoms with Gasteiger partial charge in [0, 0.05) is 12.0 Å². The Bertz CT molecular complexity index is 577. The fraction of sp³-hybridized carbons (Fsp3) is 0.308. The molecule has 5 nitrogen and oxygen atoms in total. The van der Waals surface area contributed by atoms with Crippen LogP contribution in [-0.4, -0.2) is 25.8 Å². The lowest BCUT2D eigenvalue weighted by molar-refractivity contribution is -0.142. The van der Waals surface area contributed by atoms with Gasteiger partial charge in [-0.3, -0.25) is 4.79 Å². The zero-order valence-corrected chi connectivity index (χ0v) is 9.78. The molecule has 1 unspecified atom stereocenters. The summed E-state index contributed by atoms with van der Waals surface area (Å²) in [5.41, 5.74) is 0.964. The maximum atomic E-state index is 11.0. The van der Waals surface area contributed by atoms with Crippen LogP contribution in [0.25, 0.3) is 11.4 Å². The molecule has 0 radical (unpaired) electrons. The molecule has 2 heterocycles. The first-order valence-electron chi connectivity index (χ1n) is 5.96. The van der Waals surface area contributed by atoms with E-state index in [-0.39, 0.29) is 5.92 Å². The predicted molar refractivity (Wildman–Crippen MR) is 64.9 cm³/mol. The molecule has 0 amide bonds. The topological polar surface area (TPSA) is 68.0 Å². The van der Waals surface area contributed by atoms with Gasteiger partial charge in [-0.2, -0.15) is 5.10 Å². The number of carbonyl (C=O) groups is 1. The Morgan fingerprint density at radius 1 is 1.33 bits per heavy atom. The van der Waals surface area contributed by atoms with Crippen molar-refractivity contribution in [1.82, 2.24) is 14.8 Å². The van der Waals surface area contributed by atoms with Crippen molar-refractivity contribution in [2.45, 2.75) is 19.4 Å². The minimum absolute atomic E-state index is 0.345. The van der Waals surface area contributed by atoms with Gasteiger partial charge in [-0.1, -0.05) is 30.3 Å². The van der Waals surface area contributed by atoms with Crippen LogP contribution in [0.15, 0.2) is 30.3 Å². The molecule has 0 bridgehead atoms. The van der Waals surface area contributed by atoms with E-state index in [1.165, 1.54) is 0 Å². The molecule has 18 heavy (non-hydrogen) atoms. The lowest BCUT2D eigenvalue weighted by atomic mass is 10.0. The minimum Gasteiger partial charge on any atom is -0.481 e. The maximum Gasteiger partial charge on any atom is 0.308 e. The molecule has 2 aromatic rings. The highest BCUT2D eigenvalue weighted by atomic mass is 16.4. The monoisotopic (exact) mass is 243 g/mol. The van der Waals surface area contributed by atoms with E-state index in [1.807, 2.05) is 30.3 Å². The van der Waals surface area contributed by atoms with Crippen molar-refractivity contribution in [2.75, 3.05) is 0 Å². The van der Waals surface area contributed by atoms with Crippen molar-refractivity contribution in [3.05, 3.63) is 36.2 Å². The number of benzene rings is 1. The molecule has 1 atom stereocenters. The predicted octanol–water partition coefficient (Wildman–Crippen LogP) is 1.59. The van der Waals surface area contributed by atoms with Crippen LogP contribution in [0.1, 0.15) is 12.2 Å². The average Bonchev–Trinajstić information content (AvgIpc) is 2.82. The van der Waals surface area contributed by atoms with Gasteiger partial charge in [0.15, 0.2) is 5.82 Å². The van der Waals surface area contributed by atoms with Crippen molar-refractivity contribution in [3.8, 4) is 11.4 Å². The summed E-state index contributed by atoms with van der Waals surface area (Å²) in [6.07, 6.45) is 1.32. The van der Waals surface area contributed by atoms with Crippen molar-refractivity contribution < 1.29 is 9.90 Å². The van der Waals surface area contributed by atoms with E-state index >= 15 is 0 Å². The first-order chi connectivity index (χ1) is 8.74. The number of aryl methyl sites for hydroxylation is 1. The maximum absolute atomic E-state index is 11.0. The number of hydrogen-bond donors (Lipinski definition) is 1.